The van der Waals surface area contributed by atoms with Crippen molar-refractivity contribution in [2.45, 2.75) is 58.2 Å². The lowest BCUT2D eigenvalue weighted by molar-refractivity contribution is -0.143. The van der Waals surface area contributed by atoms with Gasteiger partial charge in [0.05, 0.1) is 5.92 Å². The number of hydrogen-bond donors (Lipinski definition) is 2. The molecule has 6 heteroatoms. The van der Waals surface area contributed by atoms with E-state index in [4.69, 9.17) is 0 Å². The molecule has 2 atom stereocenters. The molecule has 2 unspecified atom stereocenters. The van der Waals surface area contributed by atoms with Crippen molar-refractivity contribution in [1.82, 2.24) is 15.1 Å². The topological polar surface area (TPSA) is 72.9 Å². The van der Waals surface area contributed by atoms with Crippen LogP contribution in [0.25, 0.3) is 0 Å². The van der Waals surface area contributed by atoms with Crippen molar-refractivity contribution in [3.05, 3.63) is 35.4 Å². The first kappa shape index (κ1) is 19.7. The summed E-state index contributed by atoms with van der Waals surface area (Å²) in [4.78, 5) is 27.9. The molecule has 0 saturated carbocycles. The number of carboxylic acid groups (broad SMARTS) is 1. The molecule has 0 radical (unpaired) electrons. The Labute approximate surface area is 161 Å². The monoisotopic (exact) mass is 373 g/mol. The quantitative estimate of drug-likeness (QED) is 0.832. The molecule has 2 saturated heterocycles. The molecular formula is C21H31N3O3. The largest absolute Gasteiger partial charge is 0.481 e. The molecule has 2 N–H and O–H groups in total. The van der Waals surface area contributed by atoms with Crippen LogP contribution in [0.1, 0.15) is 50.2 Å². The van der Waals surface area contributed by atoms with Gasteiger partial charge < -0.3 is 15.3 Å². The van der Waals surface area contributed by atoms with Gasteiger partial charge in [-0.25, -0.2) is 4.79 Å². The Balaban J connectivity index is 1.57. The van der Waals surface area contributed by atoms with Gasteiger partial charge in [0.15, 0.2) is 0 Å². The van der Waals surface area contributed by atoms with Crippen molar-refractivity contribution in [1.29, 1.82) is 0 Å². The number of nitrogens with zero attached hydrogens (tertiary/aromatic N) is 2. The highest BCUT2D eigenvalue weighted by atomic mass is 16.4. The summed E-state index contributed by atoms with van der Waals surface area (Å²) in [5.41, 5.74) is 2.39. The number of nitrogens with one attached hydrogen (secondary N) is 1. The van der Waals surface area contributed by atoms with Gasteiger partial charge in [0.1, 0.15) is 0 Å². The van der Waals surface area contributed by atoms with Gasteiger partial charge >= 0.3 is 12.0 Å². The molecule has 0 bridgehead atoms. The van der Waals surface area contributed by atoms with Crippen LogP contribution >= 0.6 is 0 Å². The van der Waals surface area contributed by atoms with E-state index in [1.165, 1.54) is 24.8 Å². The van der Waals surface area contributed by atoms with Crippen LogP contribution in [0.2, 0.25) is 0 Å². The Morgan fingerprint density at radius 2 is 1.89 bits per heavy atom. The fraction of sp³-hybridized carbons (Fsp3) is 0.619. The second-order valence-corrected chi connectivity index (χ2v) is 7.87. The molecule has 2 aliphatic rings. The number of rotatable bonds is 5. The van der Waals surface area contributed by atoms with Crippen LogP contribution in [0.5, 0.6) is 0 Å². The van der Waals surface area contributed by atoms with E-state index in [0.717, 1.165) is 25.1 Å². The number of amides is 2. The SMILES string of the molecule is CC1CCCCN1Cc1ccccc1CNC(=O)N1CCCC(C(=O)O)C1. The van der Waals surface area contributed by atoms with Crippen LogP contribution in [0.15, 0.2) is 24.3 Å². The molecule has 1 aromatic carbocycles. The Kier molecular flexibility index (Phi) is 6.72. The van der Waals surface area contributed by atoms with Gasteiger partial charge in [0.2, 0.25) is 0 Å². The number of aliphatic carboxylic acids is 1. The molecule has 0 spiro atoms. The van der Waals surface area contributed by atoms with Crippen LogP contribution in [-0.2, 0) is 17.9 Å². The average Bonchev–Trinajstić information content (AvgIpc) is 2.69. The van der Waals surface area contributed by atoms with Crippen molar-refractivity contribution in [2.24, 2.45) is 5.92 Å². The predicted octanol–water partition coefficient (Wildman–Crippen LogP) is 3.07. The molecule has 2 fully saturated rings. The molecule has 1 aromatic rings. The van der Waals surface area contributed by atoms with Gasteiger partial charge in [-0.3, -0.25) is 9.69 Å². The number of likely N-dealkylation sites (tertiary alicyclic amines) is 2. The zero-order valence-corrected chi connectivity index (χ0v) is 16.2. The molecule has 2 aliphatic heterocycles. The second kappa shape index (κ2) is 9.22. The van der Waals surface area contributed by atoms with Crippen LogP contribution in [0, 0.1) is 5.92 Å². The molecular weight excluding hydrogens is 342 g/mol. The van der Waals surface area contributed by atoms with Gasteiger partial charge in [0, 0.05) is 32.2 Å². The maximum atomic E-state index is 12.5. The first-order chi connectivity index (χ1) is 13.0. The van der Waals surface area contributed by atoms with E-state index in [0.29, 0.717) is 32.1 Å². The van der Waals surface area contributed by atoms with Gasteiger partial charge in [-0.05, 0) is 50.3 Å². The molecule has 6 nitrogen and oxygen atoms in total. The van der Waals surface area contributed by atoms with Gasteiger partial charge in [-0.15, -0.1) is 0 Å². The predicted molar refractivity (Wildman–Crippen MR) is 104 cm³/mol. The van der Waals surface area contributed by atoms with Gasteiger partial charge in [-0.2, -0.15) is 0 Å². The summed E-state index contributed by atoms with van der Waals surface area (Å²) in [5, 5.41) is 12.2. The standard InChI is InChI=1S/C21H31N3O3/c1-16-7-4-5-11-23(16)14-18-9-3-2-8-17(18)13-22-21(27)24-12-6-10-19(15-24)20(25)26/h2-3,8-9,16,19H,4-7,10-15H2,1H3,(H,22,27)(H,25,26). The van der Waals surface area contributed by atoms with E-state index < -0.39 is 11.9 Å². The summed E-state index contributed by atoms with van der Waals surface area (Å²) in [6, 6.07) is 8.71. The van der Waals surface area contributed by atoms with Gasteiger partial charge in [0.25, 0.3) is 0 Å². The number of carbonyl (C=O) groups is 2. The Hall–Kier alpha value is -2.08. The lowest BCUT2D eigenvalue weighted by Gasteiger charge is -2.34. The fourth-order valence-electron chi connectivity index (χ4n) is 4.14. The molecule has 0 aromatic heterocycles. The highest BCUT2D eigenvalue weighted by Gasteiger charge is 2.28. The summed E-state index contributed by atoms with van der Waals surface area (Å²) >= 11 is 0. The van der Waals surface area contributed by atoms with E-state index in [2.05, 4.69) is 35.3 Å². The second-order valence-electron chi connectivity index (χ2n) is 7.87. The number of hydrogen-bond acceptors (Lipinski definition) is 3. The summed E-state index contributed by atoms with van der Waals surface area (Å²) in [6.07, 6.45) is 5.20. The highest BCUT2D eigenvalue weighted by Crippen LogP contribution is 2.21. The van der Waals surface area contributed by atoms with Gasteiger partial charge in [-0.1, -0.05) is 30.7 Å². The van der Waals surface area contributed by atoms with E-state index in [-0.39, 0.29) is 6.03 Å². The Morgan fingerprint density at radius 3 is 2.63 bits per heavy atom. The van der Waals surface area contributed by atoms with Crippen LogP contribution in [0.4, 0.5) is 4.79 Å². The average molecular weight is 373 g/mol. The molecule has 3 rings (SSSR count). The van der Waals surface area contributed by atoms with Crippen molar-refractivity contribution in [3.8, 4) is 0 Å². The molecule has 27 heavy (non-hydrogen) atoms. The number of urea groups is 1. The minimum atomic E-state index is -0.812. The van der Waals surface area contributed by atoms with Crippen molar-refractivity contribution in [2.75, 3.05) is 19.6 Å². The highest BCUT2D eigenvalue weighted by molar-refractivity contribution is 5.76. The molecule has 148 valence electrons. The maximum Gasteiger partial charge on any atom is 0.317 e. The van der Waals surface area contributed by atoms with E-state index in [1.54, 1.807) is 4.90 Å². The third kappa shape index (κ3) is 5.22. The van der Waals surface area contributed by atoms with Crippen molar-refractivity contribution in [3.63, 3.8) is 0 Å². The maximum absolute atomic E-state index is 12.5. The Morgan fingerprint density at radius 1 is 1.11 bits per heavy atom. The third-order valence-corrected chi connectivity index (χ3v) is 5.92. The van der Waals surface area contributed by atoms with E-state index in [1.807, 2.05) is 6.07 Å². The number of carboxylic acids is 1. The summed E-state index contributed by atoms with van der Waals surface area (Å²) in [7, 11) is 0. The molecule has 2 heterocycles. The minimum Gasteiger partial charge on any atom is -0.481 e. The normalized spacial score (nSPS) is 23.8. The zero-order chi connectivity index (χ0) is 19.2. The molecule has 0 aliphatic carbocycles. The smallest absolute Gasteiger partial charge is 0.317 e. The number of benzene rings is 1. The number of piperidine rings is 2. The van der Waals surface area contributed by atoms with Crippen molar-refractivity contribution < 1.29 is 14.7 Å². The summed E-state index contributed by atoms with van der Waals surface area (Å²) < 4.78 is 0. The summed E-state index contributed by atoms with van der Waals surface area (Å²) in [6.45, 7) is 5.74. The van der Waals surface area contributed by atoms with Crippen molar-refractivity contribution >= 4 is 12.0 Å². The first-order valence-corrected chi connectivity index (χ1v) is 10.1. The fourth-order valence-corrected chi connectivity index (χ4v) is 4.14. The van der Waals surface area contributed by atoms with Crippen LogP contribution < -0.4 is 5.32 Å². The minimum absolute atomic E-state index is 0.165. The molecule has 2 amide bonds. The van der Waals surface area contributed by atoms with E-state index >= 15 is 0 Å². The summed E-state index contributed by atoms with van der Waals surface area (Å²) in [5.74, 6) is -1.26. The lowest BCUT2D eigenvalue weighted by Crippen LogP contribution is -2.46. The lowest BCUT2D eigenvalue weighted by atomic mass is 9.98. The first-order valence-electron chi connectivity index (χ1n) is 10.1. The number of carbonyl (C=O) groups excluding carboxylic acids is 1. The Bertz CT molecular complexity index is 664. The zero-order valence-electron chi connectivity index (χ0n) is 16.2. The van der Waals surface area contributed by atoms with Crippen LogP contribution in [-0.4, -0.2) is 52.6 Å². The third-order valence-electron chi connectivity index (χ3n) is 5.92. The van der Waals surface area contributed by atoms with E-state index in [9.17, 15) is 14.7 Å². The van der Waals surface area contributed by atoms with Crippen LogP contribution in [0.3, 0.4) is 0 Å².